The van der Waals surface area contributed by atoms with Crippen molar-refractivity contribution in [3.63, 3.8) is 0 Å². The van der Waals surface area contributed by atoms with Crippen LogP contribution < -0.4 is 10.6 Å². The van der Waals surface area contributed by atoms with Crippen LogP contribution >= 0.6 is 0 Å². The van der Waals surface area contributed by atoms with Crippen molar-refractivity contribution in [1.29, 1.82) is 0 Å². The summed E-state index contributed by atoms with van der Waals surface area (Å²) < 4.78 is 111. The molecule has 0 atom stereocenters. The third kappa shape index (κ3) is 2.52. The van der Waals surface area contributed by atoms with E-state index in [1.807, 2.05) is 0 Å². The fourth-order valence-electron chi connectivity index (χ4n) is 3.14. The van der Waals surface area contributed by atoms with Gasteiger partial charge in [-0.25, -0.2) is 35.1 Å². The lowest BCUT2D eigenvalue weighted by molar-refractivity contribution is -0.117. The average molecular weight is 432 g/mol. The van der Waals surface area contributed by atoms with Gasteiger partial charge in [-0.05, 0) is 0 Å². The van der Waals surface area contributed by atoms with E-state index in [4.69, 9.17) is 0 Å². The number of hydrogen-bond acceptors (Lipinski definition) is 2. The molecule has 154 valence electrons. The summed E-state index contributed by atoms with van der Waals surface area (Å²) in [6.07, 6.45) is 0. The second-order valence-electron chi connectivity index (χ2n) is 6.09. The summed E-state index contributed by atoms with van der Waals surface area (Å²) in [7, 11) is 0. The zero-order valence-corrected chi connectivity index (χ0v) is 14.0. The molecule has 0 aliphatic carbocycles. The highest BCUT2D eigenvalue weighted by Gasteiger charge is 2.44. The van der Waals surface area contributed by atoms with Crippen molar-refractivity contribution in [2.45, 2.75) is 0 Å². The first-order valence-electron chi connectivity index (χ1n) is 7.82. The molecule has 30 heavy (non-hydrogen) atoms. The van der Waals surface area contributed by atoms with E-state index in [0.717, 1.165) is 0 Å². The molecule has 2 N–H and O–H groups in total. The van der Waals surface area contributed by atoms with E-state index in [-0.39, 0.29) is 12.1 Å². The number of carbonyl (C=O) groups is 2. The lowest BCUT2D eigenvalue weighted by atomic mass is 10.0. The molecule has 2 heterocycles. The van der Waals surface area contributed by atoms with E-state index < -0.39 is 92.0 Å². The van der Waals surface area contributed by atoms with Gasteiger partial charge in [0.15, 0.2) is 46.5 Å². The monoisotopic (exact) mass is 432 g/mol. The van der Waals surface area contributed by atoms with E-state index in [0.29, 0.717) is 0 Å². The standard InChI is InChI=1S/C18H4F8N2O2/c19-3-1-4(20)12(24)9(11(3)23)15-7-8(18(30)27-15)16(28-17(7)29)10-13(25)5(21)2-6(22)14(10)26/h1-2H,(H,27,30)(H,28,29). The minimum absolute atomic E-state index is 0.118. The maximum Gasteiger partial charge on any atom is 0.258 e. The van der Waals surface area contributed by atoms with Crippen LogP contribution in [-0.2, 0) is 9.59 Å². The van der Waals surface area contributed by atoms with Crippen LogP contribution in [0, 0.1) is 46.5 Å². The Morgan fingerprint density at radius 1 is 0.500 bits per heavy atom. The largest absolute Gasteiger partial charge is 0.320 e. The van der Waals surface area contributed by atoms with Crippen molar-refractivity contribution < 1.29 is 44.7 Å². The Balaban J connectivity index is 2.06. The van der Waals surface area contributed by atoms with Gasteiger partial charge in [0.05, 0.1) is 33.7 Å². The summed E-state index contributed by atoms with van der Waals surface area (Å²) in [5.74, 6) is -18.0. The van der Waals surface area contributed by atoms with Gasteiger partial charge in [0.2, 0.25) is 0 Å². The molecular weight excluding hydrogens is 428 g/mol. The number of benzene rings is 2. The fraction of sp³-hybridized carbons (Fsp3) is 0. The molecule has 0 saturated carbocycles. The Kier molecular flexibility index (Phi) is 4.19. The molecule has 2 aromatic carbocycles. The van der Waals surface area contributed by atoms with Crippen LogP contribution in [0.25, 0.3) is 11.4 Å². The lowest BCUT2D eigenvalue weighted by Gasteiger charge is -2.11. The van der Waals surface area contributed by atoms with Crippen molar-refractivity contribution in [3.05, 3.63) is 80.9 Å². The number of amides is 2. The van der Waals surface area contributed by atoms with Gasteiger partial charge in [0, 0.05) is 12.1 Å². The summed E-state index contributed by atoms with van der Waals surface area (Å²) in [5.41, 5.74) is -6.85. The first-order valence-corrected chi connectivity index (χ1v) is 7.82. The second-order valence-corrected chi connectivity index (χ2v) is 6.09. The summed E-state index contributed by atoms with van der Waals surface area (Å²) in [5, 5.41) is 3.57. The van der Waals surface area contributed by atoms with E-state index in [1.165, 1.54) is 0 Å². The quantitative estimate of drug-likeness (QED) is 0.566. The Bertz CT molecular complexity index is 1120. The maximum absolute atomic E-state index is 14.1. The van der Waals surface area contributed by atoms with Gasteiger partial charge in [-0.1, -0.05) is 0 Å². The van der Waals surface area contributed by atoms with Crippen LogP contribution in [0.5, 0.6) is 0 Å². The number of hydrogen-bond donors (Lipinski definition) is 2. The van der Waals surface area contributed by atoms with Crippen LogP contribution in [0.15, 0.2) is 23.3 Å². The molecule has 12 heteroatoms. The first kappa shape index (κ1) is 19.6. The lowest BCUT2D eigenvalue weighted by Crippen LogP contribution is -2.23. The summed E-state index contributed by atoms with van der Waals surface area (Å²) in [6, 6.07) is -0.235. The van der Waals surface area contributed by atoms with Gasteiger partial charge in [0.1, 0.15) is 0 Å². The molecule has 0 saturated heterocycles. The molecule has 0 unspecified atom stereocenters. The predicted octanol–water partition coefficient (Wildman–Crippen LogP) is 3.18. The average Bonchev–Trinajstić information content (AvgIpc) is 3.18. The zero-order valence-electron chi connectivity index (χ0n) is 14.0. The van der Waals surface area contributed by atoms with Gasteiger partial charge in [0.25, 0.3) is 11.8 Å². The summed E-state index contributed by atoms with van der Waals surface area (Å²) >= 11 is 0. The van der Waals surface area contributed by atoms with Crippen LogP contribution in [-0.4, -0.2) is 11.8 Å². The number of rotatable bonds is 2. The molecule has 2 amide bonds. The molecule has 0 radical (unpaired) electrons. The highest BCUT2D eigenvalue weighted by Crippen LogP contribution is 2.40. The SMILES string of the molecule is O=C1NC(c2c(F)c(F)cc(F)c2F)=C2C(=O)NC(c3c(F)c(F)cc(F)c3F)=C12. The van der Waals surface area contributed by atoms with Crippen LogP contribution in [0.1, 0.15) is 11.1 Å². The number of carbonyl (C=O) groups excluding carboxylic acids is 2. The van der Waals surface area contributed by atoms with Crippen LogP contribution in [0.3, 0.4) is 0 Å². The van der Waals surface area contributed by atoms with Crippen molar-refractivity contribution in [2.75, 3.05) is 0 Å². The molecule has 0 bridgehead atoms. The number of nitrogens with one attached hydrogen (secondary N) is 2. The molecule has 0 fully saturated rings. The van der Waals surface area contributed by atoms with E-state index in [9.17, 15) is 44.7 Å². The van der Waals surface area contributed by atoms with E-state index in [2.05, 4.69) is 0 Å². The van der Waals surface area contributed by atoms with Crippen molar-refractivity contribution in [1.82, 2.24) is 10.6 Å². The smallest absolute Gasteiger partial charge is 0.258 e. The normalized spacial score (nSPS) is 15.7. The molecule has 2 aliphatic rings. The molecule has 2 aromatic rings. The van der Waals surface area contributed by atoms with Gasteiger partial charge >= 0.3 is 0 Å². The fourth-order valence-corrected chi connectivity index (χ4v) is 3.14. The first-order chi connectivity index (χ1) is 14.0. The van der Waals surface area contributed by atoms with Gasteiger partial charge in [-0.2, -0.15) is 0 Å². The molecule has 2 aliphatic heterocycles. The molecular formula is C18H4F8N2O2. The van der Waals surface area contributed by atoms with Gasteiger partial charge in [-0.3, -0.25) is 9.59 Å². The predicted molar refractivity (Wildman–Crippen MR) is 82.7 cm³/mol. The highest BCUT2D eigenvalue weighted by atomic mass is 19.2. The van der Waals surface area contributed by atoms with E-state index in [1.54, 1.807) is 10.6 Å². The molecule has 4 nitrogen and oxygen atoms in total. The third-order valence-electron chi connectivity index (χ3n) is 4.40. The van der Waals surface area contributed by atoms with Crippen LogP contribution in [0.2, 0.25) is 0 Å². The van der Waals surface area contributed by atoms with E-state index >= 15 is 0 Å². The topological polar surface area (TPSA) is 58.2 Å². The molecule has 0 aromatic heterocycles. The third-order valence-corrected chi connectivity index (χ3v) is 4.40. The van der Waals surface area contributed by atoms with Crippen molar-refractivity contribution in [3.8, 4) is 0 Å². The Morgan fingerprint density at radius 3 is 1.03 bits per heavy atom. The summed E-state index contributed by atoms with van der Waals surface area (Å²) in [4.78, 5) is 24.6. The van der Waals surface area contributed by atoms with Crippen LogP contribution in [0.4, 0.5) is 35.1 Å². The molecule has 4 rings (SSSR count). The Labute approximate surface area is 160 Å². The number of halogens is 8. The Hall–Kier alpha value is -3.70. The number of fused-ring (bicyclic) bond motifs is 1. The minimum atomic E-state index is -1.96. The maximum atomic E-state index is 14.1. The minimum Gasteiger partial charge on any atom is -0.320 e. The Morgan fingerprint density at radius 2 is 0.767 bits per heavy atom. The van der Waals surface area contributed by atoms with Crippen molar-refractivity contribution >= 4 is 23.2 Å². The second kappa shape index (κ2) is 6.40. The van der Waals surface area contributed by atoms with Gasteiger partial charge < -0.3 is 10.6 Å². The molecule has 0 spiro atoms. The van der Waals surface area contributed by atoms with Crippen molar-refractivity contribution in [2.24, 2.45) is 0 Å². The zero-order chi connectivity index (χ0) is 22.1. The highest BCUT2D eigenvalue weighted by molar-refractivity contribution is 6.30. The van der Waals surface area contributed by atoms with Gasteiger partial charge in [-0.15, -0.1) is 0 Å². The summed E-state index contributed by atoms with van der Waals surface area (Å²) in [6.45, 7) is 0.